The first kappa shape index (κ1) is 26.3. The second-order valence-electron chi connectivity index (χ2n) is 10.7. The molecule has 43 heavy (non-hydrogen) atoms. The summed E-state index contributed by atoms with van der Waals surface area (Å²) in [6.07, 6.45) is 8.79. The molecule has 0 saturated heterocycles. The topological polar surface area (TPSA) is 20.1 Å². The maximum absolute atomic E-state index is 14.1. The molecule has 1 aliphatic heterocycles. The van der Waals surface area contributed by atoms with Crippen molar-refractivity contribution in [3.63, 3.8) is 0 Å². The van der Waals surface area contributed by atoms with Gasteiger partial charge in [0, 0.05) is 52.5 Å². The molecule has 0 unspecified atom stereocenters. The van der Waals surface area contributed by atoms with Gasteiger partial charge in [-0.15, -0.1) is 0 Å². The van der Waals surface area contributed by atoms with E-state index in [1.54, 1.807) is 0 Å². The highest BCUT2D eigenvalue weighted by atomic mass is 16.1. The molecule has 5 aromatic carbocycles. The van der Waals surface area contributed by atoms with Gasteiger partial charge in [0.15, 0.2) is 5.78 Å². The molecular formula is C41H30NO+. The lowest BCUT2D eigenvalue weighted by Gasteiger charge is -2.22. The minimum absolute atomic E-state index is 0.0239. The molecule has 204 valence electrons. The average molecular weight is 553 g/mol. The Kier molecular flexibility index (Phi) is 7.17. The SMILES string of the molecule is O=C1C(c2ccccc2)=CC(=[N+]2C(c3ccccc3)=CC(c3ccccc3)C=C2c2ccccc2)C=C1c1ccccc1. The Labute approximate surface area is 252 Å². The lowest BCUT2D eigenvalue weighted by molar-refractivity contribution is -0.322. The predicted molar refractivity (Wildman–Crippen MR) is 177 cm³/mol. The van der Waals surface area contributed by atoms with E-state index in [0.717, 1.165) is 39.4 Å². The normalized spacial score (nSPS) is 16.7. The van der Waals surface area contributed by atoms with Crippen LogP contribution in [0.15, 0.2) is 176 Å². The number of hydrogen-bond acceptors (Lipinski definition) is 1. The van der Waals surface area contributed by atoms with Gasteiger partial charge in [0.25, 0.3) is 0 Å². The number of benzene rings is 5. The maximum atomic E-state index is 14.1. The number of ketones is 1. The van der Waals surface area contributed by atoms with E-state index in [-0.39, 0.29) is 11.7 Å². The zero-order valence-corrected chi connectivity index (χ0v) is 23.7. The van der Waals surface area contributed by atoms with Crippen molar-refractivity contribution < 1.29 is 9.37 Å². The van der Waals surface area contributed by atoms with Crippen LogP contribution in [0.5, 0.6) is 0 Å². The van der Waals surface area contributed by atoms with Gasteiger partial charge in [-0.25, -0.2) is 0 Å². The van der Waals surface area contributed by atoms with E-state index in [1.165, 1.54) is 5.56 Å². The van der Waals surface area contributed by atoms with Crippen molar-refractivity contribution in [2.45, 2.75) is 5.92 Å². The lowest BCUT2D eigenvalue weighted by atomic mass is 9.86. The van der Waals surface area contributed by atoms with E-state index in [2.05, 4.69) is 108 Å². The first-order chi connectivity index (χ1) is 21.3. The first-order valence-corrected chi connectivity index (χ1v) is 14.6. The van der Waals surface area contributed by atoms with Crippen LogP contribution in [0.4, 0.5) is 0 Å². The van der Waals surface area contributed by atoms with Crippen LogP contribution in [0.1, 0.15) is 33.7 Å². The Hall–Kier alpha value is -5.60. The molecule has 2 heteroatoms. The van der Waals surface area contributed by atoms with Crippen LogP contribution in [0, 0.1) is 0 Å². The summed E-state index contributed by atoms with van der Waals surface area (Å²) < 4.78 is 2.32. The molecule has 2 nitrogen and oxygen atoms in total. The number of Topliss-reactive ketones (excluding diaryl/α,β-unsaturated/α-hetero) is 1. The summed E-state index contributed by atoms with van der Waals surface area (Å²) in [6, 6.07) is 51.6. The van der Waals surface area contributed by atoms with Crippen molar-refractivity contribution in [3.8, 4) is 0 Å². The maximum Gasteiger partial charge on any atom is 0.215 e. The molecule has 5 aromatic rings. The molecular weight excluding hydrogens is 522 g/mol. The van der Waals surface area contributed by atoms with Gasteiger partial charge in [-0.05, 0) is 41.0 Å². The molecule has 7 rings (SSSR count). The Morgan fingerprint density at radius 1 is 0.419 bits per heavy atom. The molecule has 0 spiro atoms. The van der Waals surface area contributed by atoms with E-state index in [4.69, 9.17) is 0 Å². The highest BCUT2D eigenvalue weighted by Crippen LogP contribution is 2.38. The summed E-state index contributed by atoms with van der Waals surface area (Å²) in [5, 5.41) is 0. The summed E-state index contributed by atoms with van der Waals surface area (Å²) in [4.78, 5) is 14.1. The number of hydrogen-bond donors (Lipinski definition) is 0. The van der Waals surface area contributed by atoms with Crippen molar-refractivity contribution >= 4 is 34.0 Å². The summed E-state index contributed by atoms with van der Waals surface area (Å²) in [5.41, 5.74) is 9.71. The number of nitrogens with zero attached hydrogens (tertiary/aromatic N) is 1. The average Bonchev–Trinajstić information content (AvgIpc) is 3.10. The van der Waals surface area contributed by atoms with Gasteiger partial charge in [0.2, 0.25) is 17.1 Å². The van der Waals surface area contributed by atoms with Gasteiger partial charge >= 0.3 is 0 Å². The first-order valence-electron chi connectivity index (χ1n) is 14.6. The third-order valence-corrected chi connectivity index (χ3v) is 7.98. The van der Waals surface area contributed by atoms with Gasteiger partial charge < -0.3 is 0 Å². The second-order valence-corrected chi connectivity index (χ2v) is 10.7. The number of rotatable bonds is 5. The molecule has 0 radical (unpaired) electrons. The molecule has 1 aliphatic carbocycles. The van der Waals surface area contributed by atoms with Crippen molar-refractivity contribution in [1.82, 2.24) is 0 Å². The predicted octanol–water partition coefficient (Wildman–Crippen LogP) is 9.07. The fourth-order valence-electron chi connectivity index (χ4n) is 5.89. The van der Waals surface area contributed by atoms with Gasteiger partial charge in [-0.1, -0.05) is 127 Å². The summed E-state index contributed by atoms with van der Waals surface area (Å²) in [5.74, 6) is 0.0969. The zero-order valence-electron chi connectivity index (χ0n) is 23.7. The molecule has 1 heterocycles. The van der Waals surface area contributed by atoms with E-state index in [9.17, 15) is 4.79 Å². The summed E-state index contributed by atoms with van der Waals surface area (Å²) >= 11 is 0. The lowest BCUT2D eigenvalue weighted by Crippen LogP contribution is -2.24. The Morgan fingerprint density at radius 3 is 1.16 bits per heavy atom. The molecule has 0 saturated carbocycles. The van der Waals surface area contributed by atoms with Crippen molar-refractivity contribution in [2.75, 3.05) is 0 Å². The van der Waals surface area contributed by atoms with Crippen LogP contribution < -0.4 is 0 Å². The van der Waals surface area contributed by atoms with Crippen molar-refractivity contribution in [1.29, 1.82) is 0 Å². The summed E-state index contributed by atoms with van der Waals surface area (Å²) in [6.45, 7) is 0. The Morgan fingerprint density at radius 2 is 0.767 bits per heavy atom. The molecule has 0 fully saturated rings. The third-order valence-electron chi connectivity index (χ3n) is 7.98. The highest BCUT2D eigenvalue weighted by Gasteiger charge is 2.35. The molecule has 0 aromatic heterocycles. The van der Waals surface area contributed by atoms with Gasteiger partial charge in [0.1, 0.15) is 0 Å². The monoisotopic (exact) mass is 552 g/mol. The van der Waals surface area contributed by atoms with Crippen LogP contribution in [0.2, 0.25) is 0 Å². The quantitative estimate of drug-likeness (QED) is 0.157. The van der Waals surface area contributed by atoms with E-state index >= 15 is 0 Å². The van der Waals surface area contributed by atoms with E-state index in [1.807, 2.05) is 72.8 Å². The largest absolute Gasteiger partial charge is 0.289 e. The second kappa shape index (κ2) is 11.7. The van der Waals surface area contributed by atoms with Crippen LogP contribution in [0.25, 0.3) is 22.5 Å². The number of allylic oxidation sites excluding steroid dienone is 6. The van der Waals surface area contributed by atoms with E-state index < -0.39 is 0 Å². The highest BCUT2D eigenvalue weighted by molar-refractivity contribution is 6.48. The standard InChI is InChI=1S/C41H30NO/c43-41-37(31-18-8-2-9-19-31)28-36(29-38(41)32-20-10-3-11-21-32)42-39(33-22-12-4-13-23-33)26-35(30-16-6-1-7-17-30)27-40(42)34-24-14-5-15-25-34/h1-29,35H/q+1. The van der Waals surface area contributed by atoms with Gasteiger partial charge in [-0.3, -0.25) is 4.79 Å². The zero-order chi connectivity index (χ0) is 29.0. The molecule has 0 atom stereocenters. The minimum Gasteiger partial charge on any atom is -0.289 e. The van der Waals surface area contributed by atoms with E-state index in [0.29, 0.717) is 11.1 Å². The Balaban J connectivity index is 1.55. The molecule has 0 amide bonds. The number of carbonyl (C=O) groups excluding carboxylic acids is 1. The van der Waals surface area contributed by atoms with Crippen LogP contribution in [-0.2, 0) is 4.79 Å². The smallest absolute Gasteiger partial charge is 0.215 e. The Bertz CT molecular complexity index is 1810. The van der Waals surface area contributed by atoms with Gasteiger partial charge in [0.05, 0.1) is 0 Å². The third kappa shape index (κ3) is 5.27. The molecule has 0 bridgehead atoms. The fraction of sp³-hybridized carbons (Fsp3) is 0.0244. The molecule has 2 aliphatic rings. The van der Waals surface area contributed by atoms with Crippen LogP contribution in [0.3, 0.4) is 0 Å². The minimum atomic E-state index is 0.0239. The van der Waals surface area contributed by atoms with Crippen LogP contribution in [-0.4, -0.2) is 16.1 Å². The summed E-state index contributed by atoms with van der Waals surface area (Å²) in [7, 11) is 0. The fourth-order valence-corrected chi connectivity index (χ4v) is 5.89. The van der Waals surface area contributed by atoms with Gasteiger partial charge in [-0.2, -0.15) is 4.58 Å². The van der Waals surface area contributed by atoms with Crippen molar-refractivity contribution in [2.24, 2.45) is 0 Å². The van der Waals surface area contributed by atoms with Crippen LogP contribution >= 0.6 is 0 Å². The van der Waals surface area contributed by atoms with Crippen molar-refractivity contribution in [3.05, 3.63) is 204 Å². The molecule has 0 N–H and O–H groups in total. The number of carbonyl (C=O) groups is 1.